The lowest BCUT2D eigenvalue weighted by Gasteiger charge is -2.40. The molecule has 1 unspecified atom stereocenters. The van der Waals surface area contributed by atoms with Crippen LogP contribution in [-0.2, 0) is 20.8 Å². The lowest BCUT2D eigenvalue weighted by atomic mass is 10.1. The molecule has 0 aliphatic carbocycles. The minimum Gasteiger partial charge on any atom is -0.484 e. The Hall–Kier alpha value is -1.86. The maximum atomic E-state index is 11.6. The summed E-state index contributed by atoms with van der Waals surface area (Å²) >= 11 is -2.22. The van der Waals surface area contributed by atoms with E-state index in [1.807, 2.05) is 0 Å². The highest BCUT2D eigenvalue weighted by atomic mass is 32.2. The van der Waals surface area contributed by atoms with Gasteiger partial charge in [0, 0.05) is 6.92 Å². The molecule has 0 spiro atoms. The molecule has 1 saturated heterocycles. The summed E-state index contributed by atoms with van der Waals surface area (Å²) in [5.74, 6) is 0.213. The van der Waals surface area contributed by atoms with E-state index in [0.29, 0.717) is 11.5 Å². The number of carbonyl (C=O) groups excluding carboxylic acids is 1. The van der Waals surface area contributed by atoms with E-state index in [0.717, 1.165) is 0 Å². The Morgan fingerprint density at radius 2 is 2.10 bits per heavy atom. The largest absolute Gasteiger partial charge is 0.484 e. The molecule has 0 aromatic carbocycles. The van der Waals surface area contributed by atoms with E-state index < -0.39 is 23.4 Å². The first-order valence-electron chi connectivity index (χ1n) is 6.39. The second kappa shape index (κ2) is 7.80. The van der Waals surface area contributed by atoms with Crippen molar-refractivity contribution < 1.29 is 18.3 Å². The summed E-state index contributed by atoms with van der Waals surface area (Å²) in [6.45, 7) is 10.6. The Kier molecular flexibility index (Phi) is 6.39. The fourth-order valence-corrected chi connectivity index (χ4v) is 2.72. The Morgan fingerprint density at radius 3 is 2.57 bits per heavy atom. The fraction of sp³-hybridized carbons (Fsp3) is 0.357. The van der Waals surface area contributed by atoms with Gasteiger partial charge in [-0.3, -0.25) is 13.7 Å². The van der Waals surface area contributed by atoms with Gasteiger partial charge < -0.3 is 10.1 Å². The van der Waals surface area contributed by atoms with E-state index in [1.165, 1.54) is 23.4 Å². The molecule has 1 fully saturated rings. The third-order valence-corrected chi connectivity index (χ3v) is 3.81. The van der Waals surface area contributed by atoms with Crippen LogP contribution < -0.4 is 5.32 Å². The van der Waals surface area contributed by atoms with Gasteiger partial charge in [-0.25, -0.2) is 4.21 Å². The van der Waals surface area contributed by atoms with Gasteiger partial charge in [0.05, 0.1) is 18.3 Å². The van der Waals surface area contributed by atoms with Crippen molar-refractivity contribution in [1.82, 2.24) is 9.62 Å². The Bertz CT molecular complexity index is 513. The summed E-state index contributed by atoms with van der Waals surface area (Å²) in [4.78, 5) is 11.0. The Labute approximate surface area is 127 Å². The normalized spacial score (nSPS) is 27.1. The molecule has 3 atom stereocenters. The summed E-state index contributed by atoms with van der Waals surface area (Å²) in [6, 6.07) is -0.407. The van der Waals surface area contributed by atoms with Gasteiger partial charge in [-0.1, -0.05) is 25.3 Å². The van der Waals surface area contributed by atoms with Crippen LogP contribution in [0.1, 0.15) is 13.8 Å². The van der Waals surface area contributed by atoms with Crippen LogP contribution in [0.15, 0.2) is 48.9 Å². The number of carbonyl (C=O) groups is 1. The summed E-state index contributed by atoms with van der Waals surface area (Å²) in [6.07, 6.45) is 5.77. The molecule has 2 N–H and O–H groups in total. The molecule has 0 aromatic rings. The first kappa shape index (κ1) is 17.2. The van der Waals surface area contributed by atoms with Gasteiger partial charge in [-0.2, -0.15) is 0 Å². The number of allylic oxidation sites excluding steroid dienone is 4. The van der Waals surface area contributed by atoms with Crippen molar-refractivity contribution in [2.75, 3.05) is 6.54 Å². The topological polar surface area (TPSA) is 78.9 Å². The summed E-state index contributed by atoms with van der Waals surface area (Å²) in [7, 11) is 0. The van der Waals surface area contributed by atoms with Crippen molar-refractivity contribution in [1.29, 1.82) is 0 Å². The number of hydrogen-bond acceptors (Lipinski definition) is 3. The number of hydrogen-bond donors (Lipinski definition) is 2. The van der Waals surface area contributed by atoms with Crippen molar-refractivity contribution in [3.05, 3.63) is 48.9 Å². The Balaban J connectivity index is 3.16. The zero-order chi connectivity index (χ0) is 16.0. The highest BCUT2D eigenvalue weighted by Crippen LogP contribution is 2.30. The van der Waals surface area contributed by atoms with Crippen LogP contribution in [0.2, 0.25) is 0 Å². The molecule has 0 bridgehead atoms. The van der Waals surface area contributed by atoms with Gasteiger partial charge in [0.1, 0.15) is 11.9 Å². The zero-order valence-electron chi connectivity index (χ0n) is 12.1. The maximum absolute atomic E-state index is 11.6. The van der Waals surface area contributed by atoms with Crippen LogP contribution in [0, 0.1) is 0 Å². The average molecular weight is 312 g/mol. The molecule has 21 heavy (non-hydrogen) atoms. The number of rotatable bonds is 5. The lowest BCUT2D eigenvalue weighted by Crippen LogP contribution is -2.52. The molecule has 6 nitrogen and oxygen atoms in total. The number of ether oxygens (including phenoxy) is 1. The molecule has 1 heterocycles. The van der Waals surface area contributed by atoms with Crippen molar-refractivity contribution >= 4 is 17.2 Å². The Morgan fingerprint density at radius 1 is 1.48 bits per heavy atom. The van der Waals surface area contributed by atoms with Crippen LogP contribution in [0.5, 0.6) is 0 Å². The summed E-state index contributed by atoms with van der Waals surface area (Å²) in [5.41, 5.74) is 0.442. The van der Waals surface area contributed by atoms with Crippen LogP contribution in [0.25, 0.3) is 0 Å². The summed E-state index contributed by atoms with van der Waals surface area (Å²) in [5, 5.41) is 2.65. The van der Waals surface area contributed by atoms with E-state index in [4.69, 9.17) is 4.74 Å². The molecule has 1 rings (SSSR count). The highest BCUT2D eigenvalue weighted by Gasteiger charge is 2.37. The highest BCUT2D eigenvalue weighted by molar-refractivity contribution is 7.76. The third kappa shape index (κ3) is 4.30. The molecule has 1 aliphatic rings. The third-order valence-electron chi connectivity index (χ3n) is 2.94. The first-order valence-corrected chi connectivity index (χ1v) is 7.45. The monoisotopic (exact) mass is 312 g/mol. The van der Waals surface area contributed by atoms with E-state index >= 15 is 0 Å². The standard InChI is InChI=1S/C14H20N2O4S/c1-5-7-12-13(8-6-2)20-14(9-15-11(4)17)10(3)16(12)21(18)19/h5-8,10,14H,1-2,9H2,3-4H3,(H,15,17)(H,18,19)/b12-7+,13-8+/t10-,14+/m1/s1. The molecule has 7 heteroatoms. The molecule has 1 aliphatic heterocycles. The lowest BCUT2D eigenvalue weighted by molar-refractivity contribution is -0.119. The minimum absolute atomic E-state index is 0.191. The van der Waals surface area contributed by atoms with Crippen LogP contribution in [0.3, 0.4) is 0 Å². The SMILES string of the molecule is C=C/C=C1/O[C@@H](CNC(C)=O)[C@@H](C)N(S(=O)O)/C1=C/C=C. The zero-order valence-corrected chi connectivity index (χ0v) is 12.9. The van der Waals surface area contributed by atoms with Crippen molar-refractivity contribution in [3.63, 3.8) is 0 Å². The number of amides is 1. The molecule has 0 radical (unpaired) electrons. The maximum Gasteiger partial charge on any atom is 0.262 e. The second-order valence-corrected chi connectivity index (χ2v) is 5.30. The summed E-state index contributed by atoms with van der Waals surface area (Å²) < 4.78 is 28.3. The molecule has 116 valence electrons. The smallest absolute Gasteiger partial charge is 0.262 e. The van der Waals surface area contributed by atoms with E-state index in [9.17, 15) is 13.6 Å². The van der Waals surface area contributed by atoms with E-state index in [1.54, 1.807) is 19.1 Å². The van der Waals surface area contributed by atoms with Gasteiger partial charge in [-0.05, 0) is 19.1 Å². The predicted molar refractivity (Wildman–Crippen MR) is 82.2 cm³/mol. The van der Waals surface area contributed by atoms with E-state index in [-0.39, 0.29) is 12.5 Å². The quantitative estimate of drug-likeness (QED) is 0.754. The predicted octanol–water partition coefficient (Wildman–Crippen LogP) is 1.49. The van der Waals surface area contributed by atoms with Gasteiger partial charge in [-0.15, -0.1) is 0 Å². The number of morpholine rings is 1. The average Bonchev–Trinajstić information content (AvgIpc) is 2.40. The van der Waals surface area contributed by atoms with Gasteiger partial charge in [0.25, 0.3) is 11.3 Å². The van der Waals surface area contributed by atoms with Crippen molar-refractivity contribution in [2.45, 2.75) is 26.0 Å². The minimum atomic E-state index is -2.22. The molecule has 0 aromatic heterocycles. The number of nitrogens with zero attached hydrogens (tertiary/aromatic N) is 1. The molecule has 1 amide bonds. The van der Waals surface area contributed by atoms with Crippen molar-refractivity contribution in [2.24, 2.45) is 0 Å². The molecular weight excluding hydrogens is 292 g/mol. The molecule has 0 saturated carbocycles. The second-order valence-electron chi connectivity index (χ2n) is 4.44. The number of nitrogens with one attached hydrogen (secondary N) is 1. The van der Waals surface area contributed by atoms with Crippen molar-refractivity contribution in [3.8, 4) is 0 Å². The van der Waals surface area contributed by atoms with Crippen LogP contribution in [-0.4, -0.2) is 37.7 Å². The first-order chi connectivity index (χ1) is 9.92. The fourth-order valence-electron chi connectivity index (χ4n) is 1.98. The van der Waals surface area contributed by atoms with Crippen LogP contribution in [0.4, 0.5) is 0 Å². The molecular formula is C14H20N2O4S. The van der Waals surface area contributed by atoms with Gasteiger partial charge in [0.15, 0.2) is 0 Å². The van der Waals surface area contributed by atoms with Gasteiger partial charge in [0.2, 0.25) is 5.91 Å². The van der Waals surface area contributed by atoms with Gasteiger partial charge >= 0.3 is 0 Å². The van der Waals surface area contributed by atoms with Crippen LogP contribution >= 0.6 is 0 Å². The van der Waals surface area contributed by atoms with E-state index in [2.05, 4.69) is 18.5 Å².